The Hall–Kier alpha value is -2.47. The molecule has 1 N–H and O–H groups in total. The summed E-state index contributed by atoms with van der Waals surface area (Å²) < 4.78 is 5.57. The number of thioether (sulfide) groups is 1. The number of para-hydroxylation sites is 2. The van der Waals surface area contributed by atoms with Crippen LogP contribution in [0.25, 0.3) is 0 Å². The minimum Gasteiger partial charge on any atom is -0.492 e. The van der Waals surface area contributed by atoms with E-state index in [4.69, 9.17) is 4.74 Å². The van der Waals surface area contributed by atoms with Gasteiger partial charge in [0, 0.05) is 18.0 Å². The predicted molar refractivity (Wildman–Crippen MR) is 109 cm³/mol. The lowest BCUT2D eigenvalue weighted by Crippen LogP contribution is -2.29. The molecule has 0 spiro atoms. The standard InChI is InChI=1S/C21H24N2O3S/c1-2-26-18-11-5-4-10-17(18)22-21(25)16-9-3-6-12-19(16)27-15-20(24)23-13-7-8-14-23/h3-6,9-12H,2,7-8,13-15H2,1H3,(H,22,25). The lowest BCUT2D eigenvalue weighted by molar-refractivity contribution is -0.127. The first kappa shape index (κ1) is 19.3. The van der Waals surface area contributed by atoms with Gasteiger partial charge in [-0.1, -0.05) is 24.3 Å². The van der Waals surface area contributed by atoms with E-state index in [1.54, 1.807) is 6.07 Å². The van der Waals surface area contributed by atoms with Crippen LogP contribution in [0.1, 0.15) is 30.1 Å². The number of carbonyl (C=O) groups is 2. The molecule has 142 valence electrons. The molecular weight excluding hydrogens is 360 g/mol. The van der Waals surface area contributed by atoms with Crippen LogP contribution in [-0.4, -0.2) is 42.2 Å². The van der Waals surface area contributed by atoms with Gasteiger partial charge in [-0.25, -0.2) is 0 Å². The fourth-order valence-corrected chi connectivity index (χ4v) is 3.97. The Morgan fingerprint density at radius 2 is 1.78 bits per heavy atom. The number of benzene rings is 2. The molecular formula is C21H24N2O3S. The molecule has 2 aromatic rings. The van der Waals surface area contributed by atoms with Crippen LogP contribution in [0.5, 0.6) is 5.75 Å². The smallest absolute Gasteiger partial charge is 0.256 e. The van der Waals surface area contributed by atoms with Crippen molar-refractivity contribution >= 4 is 29.3 Å². The van der Waals surface area contributed by atoms with Crippen molar-refractivity contribution in [2.45, 2.75) is 24.7 Å². The third-order valence-corrected chi connectivity index (χ3v) is 5.43. The Balaban J connectivity index is 1.69. The SMILES string of the molecule is CCOc1ccccc1NC(=O)c1ccccc1SCC(=O)N1CCCC1. The first-order valence-corrected chi connectivity index (χ1v) is 10.2. The van der Waals surface area contributed by atoms with E-state index in [0.717, 1.165) is 30.8 Å². The number of rotatable bonds is 7. The van der Waals surface area contributed by atoms with Crippen molar-refractivity contribution in [1.29, 1.82) is 0 Å². The highest BCUT2D eigenvalue weighted by Crippen LogP contribution is 2.27. The van der Waals surface area contributed by atoms with Gasteiger partial charge in [-0.2, -0.15) is 0 Å². The molecule has 1 heterocycles. The summed E-state index contributed by atoms with van der Waals surface area (Å²) in [5.41, 5.74) is 1.19. The summed E-state index contributed by atoms with van der Waals surface area (Å²) in [4.78, 5) is 27.8. The molecule has 1 fully saturated rings. The summed E-state index contributed by atoms with van der Waals surface area (Å²) in [6.07, 6.45) is 2.16. The van der Waals surface area contributed by atoms with Gasteiger partial charge in [-0.05, 0) is 44.0 Å². The average molecular weight is 385 g/mol. The van der Waals surface area contributed by atoms with Crippen LogP contribution < -0.4 is 10.1 Å². The van der Waals surface area contributed by atoms with Gasteiger partial charge in [0.25, 0.3) is 5.91 Å². The molecule has 5 nitrogen and oxygen atoms in total. The fraction of sp³-hybridized carbons (Fsp3) is 0.333. The number of hydrogen-bond donors (Lipinski definition) is 1. The Bertz CT molecular complexity index is 804. The van der Waals surface area contributed by atoms with Gasteiger partial charge in [-0.3, -0.25) is 9.59 Å². The predicted octanol–water partition coefficient (Wildman–Crippen LogP) is 4.05. The second-order valence-corrected chi connectivity index (χ2v) is 7.27. The number of ether oxygens (including phenoxy) is 1. The van der Waals surface area contributed by atoms with Gasteiger partial charge in [-0.15, -0.1) is 11.8 Å². The van der Waals surface area contributed by atoms with Gasteiger partial charge in [0.15, 0.2) is 0 Å². The first-order valence-electron chi connectivity index (χ1n) is 9.22. The van der Waals surface area contributed by atoms with Crippen LogP contribution in [0.2, 0.25) is 0 Å². The molecule has 0 unspecified atom stereocenters. The summed E-state index contributed by atoms with van der Waals surface area (Å²) >= 11 is 1.41. The molecule has 3 rings (SSSR count). The summed E-state index contributed by atoms with van der Waals surface area (Å²) in [5, 5.41) is 2.92. The molecule has 1 aliphatic heterocycles. The van der Waals surface area contributed by atoms with Gasteiger partial charge in [0.1, 0.15) is 5.75 Å². The highest BCUT2D eigenvalue weighted by molar-refractivity contribution is 8.00. The van der Waals surface area contributed by atoms with E-state index >= 15 is 0 Å². The highest BCUT2D eigenvalue weighted by atomic mass is 32.2. The van der Waals surface area contributed by atoms with Crippen molar-refractivity contribution < 1.29 is 14.3 Å². The average Bonchev–Trinajstić information content (AvgIpc) is 3.23. The largest absolute Gasteiger partial charge is 0.492 e. The maximum Gasteiger partial charge on any atom is 0.256 e. The van der Waals surface area contributed by atoms with Gasteiger partial charge < -0.3 is 15.0 Å². The van der Waals surface area contributed by atoms with Crippen molar-refractivity contribution in [3.05, 3.63) is 54.1 Å². The van der Waals surface area contributed by atoms with E-state index in [0.29, 0.717) is 29.4 Å². The van der Waals surface area contributed by atoms with Crippen LogP contribution in [0.4, 0.5) is 5.69 Å². The van der Waals surface area contributed by atoms with Gasteiger partial charge >= 0.3 is 0 Å². The minimum atomic E-state index is -0.209. The molecule has 0 bridgehead atoms. The number of nitrogens with zero attached hydrogens (tertiary/aromatic N) is 1. The first-order chi connectivity index (χ1) is 13.2. The van der Waals surface area contributed by atoms with Gasteiger partial charge in [0.2, 0.25) is 5.91 Å². The Morgan fingerprint density at radius 1 is 1.07 bits per heavy atom. The zero-order valence-electron chi connectivity index (χ0n) is 15.4. The van der Waals surface area contributed by atoms with Crippen molar-refractivity contribution in [2.75, 3.05) is 30.8 Å². The molecule has 1 aliphatic rings. The normalized spacial score (nSPS) is 13.4. The summed E-state index contributed by atoms with van der Waals surface area (Å²) in [5.74, 6) is 0.913. The number of hydrogen-bond acceptors (Lipinski definition) is 4. The zero-order chi connectivity index (χ0) is 19.1. The molecule has 0 atom stereocenters. The third kappa shape index (κ3) is 5.04. The quantitative estimate of drug-likeness (QED) is 0.732. The van der Waals surface area contributed by atoms with Crippen molar-refractivity contribution in [1.82, 2.24) is 4.90 Å². The topological polar surface area (TPSA) is 58.6 Å². The maximum atomic E-state index is 12.8. The van der Waals surface area contributed by atoms with Crippen LogP contribution in [-0.2, 0) is 4.79 Å². The highest BCUT2D eigenvalue weighted by Gasteiger charge is 2.19. The Labute approximate surface area is 164 Å². The Morgan fingerprint density at radius 3 is 2.56 bits per heavy atom. The molecule has 0 aromatic heterocycles. The van der Waals surface area contributed by atoms with E-state index < -0.39 is 0 Å². The fourth-order valence-electron chi connectivity index (χ4n) is 3.02. The van der Waals surface area contributed by atoms with Crippen LogP contribution in [0.15, 0.2) is 53.4 Å². The van der Waals surface area contributed by atoms with Crippen molar-refractivity contribution in [3.63, 3.8) is 0 Å². The minimum absolute atomic E-state index is 0.134. The molecule has 2 amide bonds. The number of nitrogens with one attached hydrogen (secondary N) is 1. The summed E-state index contributed by atoms with van der Waals surface area (Å²) in [7, 11) is 0. The summed E-state index contributed by atoms with van der Waals surface area (Å²) in [6, 6.07) is 14.7. The monoisotopic (exact) mass is 384 g/mol. The van der Waals surface area contributed by atoms with Gasteiger partial charge in [0.05, 0.1) is 23.6 Å². The van der Waals surface area contributed by atoms with Crippen LogP contribution in [0, 0.1) is 0 Å². The summed E-state index contributed by atoms with van der Waals surface area (Å²) in [6.45, 7) is 4.12. The van der Waals surface area contributed by atoms with E-state index in [-0.39, 0.29) is 11.8 Å². The maximum absolute atomic E-state index is 12.8. The zero-order valence-corrected chi connectivity index (χ0v) is 16.3. The molecule has 0 saturated carbocycles. The Kier molecular flexibility index (Phi) is 6.76. The second kappa shape index (κ2) is 9.46. The van der Waals surface area contributed by atoms with Crippen molar-refractivity contribution in [2.24, 2.45) is 0 Å². The number of likely N-dealkylation sites (tertiary alicyclic amines) is 1. The van der Waals surface area contributed by atoms with Crippen molar-refractivity contribution in [3.8, 4) is 5.75 Å². The number of amides is 2. The van der Waals surface area contributed by atoms with E-state index in [1.165, 1.54) is 11.8 Å². The lowest BCUT2D eigenvalue weighted by atomic mass is 10.2. The van der Waals surface area contributed by atoms with E-state index in [2.05, 4.69) is 5.32 Å². The molecule has 0 aliphatic carbocycles. The number of anilines is 1. The van der Waals surface area contributed by atoms with E-state index in [9.17, 15) is 9.59 Å². The molecule has 6 heteroatoms. The molecule has 1 saturated heterocycles. The van der Waals surface area contributed by atoms with Crippen LogP contribution in [0.3, 0.4) is 0 Å². The third-order valence-electron chi connectivity index (χ3n) is 4.38. The number of carbonyl (C=O) groups excluding carboxylic acids is 2. The second-order valence-electron chi connectivity index (χ2n) is 6.26. The lowest BCUT2D eigenvalue weighted by Gasteiger charge is -2.16. The van der Waals surface area contributed by atoms with Crippen LogP contribution >= 0.6 is 11.8 Å². The van der Waals surface area contributed by atoms with E-state index in [1.807, 2.05) is 54.3 Å². The molecule has 2 aromatic carbocycles. The molecule has 27 heavy (non-hydrogen) atoms. The molecule has 0 radical (unpaired) electrons.